The molecule has 0 saturated carbocycles. The maximum Gasteiger partial charge on any atom is 0.337 e. The first-order chi connectivity index (χ1) is 19.5. The quantitative estimate of drug-likeness (QED) is 0.166. The molecule has 0 spiro atoms. The Morgan fingerprint density at radius 1 is 0.927 bits per heavy atom. The number of carbonyl (C=O) groups is 2. The molecule has 1 amide bonds. The normalized spacial score (nSPS) is 13.1. The van der Waals surface area contributed by atoms with Gasteiger partial charge in [-0.25, -0.2) is 4.79 Å². The van der Waals surface area contributed by atoms with Gasteiger partial charge in [0.2, 0.25) is 5.91 Å². The Morgan fingerprint density at radius 2 is 1.63 bits per heavy atom. The number of β-amino-alcohol motifs (C(OH)–C–C–N with tert-alkyl or cyclic N) is 1. The molecule has 214 valence electrons. The van der Waals surface area contributed by atoms with Gasteiger partial charge in [0.05, 0.1) is 30.1 Å². The Hall–Kier alpha value is -4.04. The number of carbonyl (C=O) groups excluding carboxylic acids is 1. The standard InChI is InChI=1S/C34H38N2O5/c1-22(29-11-7-8-12-30(29)27-15-16-31(33(39)40)32(18-27)36-23(2)37)41-21-28(38)20-35-34(3,4)19-24-13-14-25-9-5-6-10-26(25)17-24/h5-18,22,28,35,38H,19-21H2,1-4H3,(H,36,37)(H,39,40)/t22?,28-/m1/s1. The van der Waals surface area contributed by atoms with Crippen molar-refractivity contribution >= 4 is 28.3 Å². The van der Waals surface area contributed by atoms with Crippen LogP contribution in [0.5, 0.6) is 0 Å². The maximum absolute atomic E-state index is 11.7. The van der Waals surface area contributed by atoms with Crippen molar-refractivity contribution in [2.45, 2.75) is 51.9 Å². The van der Waals surface area contributed by atoms with Crippen LogP contribution in [0.1, 0.15) is 55.3 Å². The van der Waals surface area contributed by atoms with Crippen LogP contribution in [0.4, 0.5) is 5.69 Å². The van der Waals surface area contributed by atoms with Crippen molar-refractivity contribution in [1.82, 2.24) is 5.32 Å². The third kappa shape index (κ3) is 8.01. The minimum absolute atomic E-state index is 0.0184. The van der Waals surface area contributed by atoms with Gasteiger partial charge >= 0.3 is 5.97 Å². The molecule has 4 rings (SSSR count). The number of benzene rings is 4. The summed E-state index contributed by atoms with van der Waals surface area (Å²) in [5.41, 5.74) is 3.75. The zero-order chi connectivity index (χ0) is 29.6. The summed E-state index contributed by atoms with van der Waals surface area (Å²) in [4.78, 5) is 23.3. The van der Waals surface area contributed by atoms with Crippen LogP contribution >= 0.6 is 0 Å². The average Bonchev–Trinajstić information content (AvgIpc) is 2.94. The number of carboxylic acid groups (broad SMARTS) is 1. The van der Waals surface area contributed by atoms with E-state index in [9.17, 15) is 19.8 Å². The topological polar surface area (TPSA) is 108 Å². The number of hydrogen-bond donors (Lipinski definition) is 4. The second-order valence-electron chi connectivity index (χ2n) is 11.1. The SMILES string of the molecule is CC(=O)Nc1cc(-c2ccccc2C(C)OC[C@H](O)CNC(C)(C)Cc2ccc3ccccc3c2)ccc1C(=O)O. The van der Waals surface area contributed by atoms with Crippen LogP contribution in [0.2, 0.25) is 0 Å². The first-order valence-electron chi connectivity index (χ1n) is 13.8. The number of carboxylic acids is 1. The molecule has 7 nitrogen and oxygen atoms in total. The maximum atomic E-state index is 11.7. The van der Waals surface area contributed by atoms with E-state index in [0.29, 0.717) is 6.54 Å². The summed E-state index contributed by atoms with van der Waals surface area (Å²) in [5, 5.41) is 28.8. The van der Waals surface area contributed by atoms with Gasteiger partial charge in [-0.05, 0) is 72.4 Å². The molecule has 1 unspecified atom stereocenters. The Labute approximate surface area is 241 Å². The van der Waals surface area contributed by atoms with Crippen LogP contribution < -0.4 is 10.6 Å². The van der Waals surface area contributed by atoms with Crippen LogP contribution in [-0.2, 0) is 16.0 Å². The average molecular weight is 555 g/mol. The largest absolute Gasteiger partial charge is 0.478 e. The van der Waals surface area contributed by atoms with Gasteiger partial charge in [-0.15, -0.1) is 0 Å². The van der Waals surface area contributed by atoms with E-state index in [1.165, 1.54) is 29.3 Å². The number of aromatic carboxylic acids is 1. The number of aliphatic hydroxyl groups excluding tert-OH is 1. The van der Waals surface area contributed by atoms with E-state index in [1.54, 1.807) is 12.1 Å². The van der Waals surface area contributed by atoms with E-state index >= 15 is 0 Å². The summed E-state index contributed by atoms with van der Waals surface area (Å²) in [6, 6.07) is 27.4. The van der Waals surface area contributed by atoms with E-state index in [-0.39, 0.29) is 35.4 Å². The Bertz CT molecular complexity index is 1530. The molecule has 0 heterocycles. The highest BCUT2D eigenvalue weighted by molar-refractivity contribution is 6.01. The summed E-state index contributed by atoms with van der Waals surface area (Å²) >= 11 is 0. The Balaban J connectivity index is 1.37. The second-order valence-corrected chi connectivity index (χ2v) is 11.1. The number of rotatable bonds is 12. The summed E-state index contributed by atoms with van der Waals surface area (Å²) in [5.74, 6) is -1.47. The summed E-state index contributed by atoms with van der Waals surface area (Å²) < 4.78 is 6.09. The second kappa shape index (κ2) is 13.1. The monoisotopic (exact) mass is 554 g/mol. The number of aliphatic hydroxyl groups is 1. The van der Waals surface area contributed by atoms with E-state index < -0.39 is 12.1 Å². The Kier molecular flexibility index (Phi) is 9.55. The molecule has 0 aliphatic carbocycles. The number of hydrogen-bond acceptors (Lipinski definition) is 5. The summed E-state index contributed by atoms with van der Waals surface area (Å²) in [6.45, 7) is 8.03. The molecule has 0 aromatic heterocycles. The van der Waals surface area contributed by atoms with E-state index in [1.807, 2.05) is 43.3 Å². The van der Waals surface area contributed by atoms with Gasteiger partial charge in [-0.2, -0.15) is 0 Å². The lowest BCUT2D eigenvalue weighted by atomic mass is 9.93. The fourth-order valence-corrected chi connectivity index (χ4v) is 5.03. The summed E-state index contributed by atoms with van der Waals surface area (Å²) in [7, 11) is 0. The molecular weight excluding hydrogens is 516 g/mol. The highest BCUT2D eigenvalue weighted by Crippen LogP contribution is 2.33. The predicted octanol–water partition coefficient (Wildman–Crippen LogP) is 6.21. The zero-order valence-corrected chi connectivity index (χ0v) is 24.0. The lowest BCUT2D eigenvalue weighted by molar-refractivity contribution is -0.114. The molecule has 7 heteroatoms. The molecule has 4 N–H and O–H groups in total. The molecule has 0 fully saturated rings. The van der Waals surface area contributed by atoms with E-state index in [0.717, 1.165) is 23.1 Å². The fourth-order valence-electron chi connectivity index (χ4n) is 5.03. The van der Waals surface area contributed by atoms with Gasteiger partial charge in [-0.1, -0.05) is 72.8 Å². The molecule has 0 aliphatic heterocycles. The van der Waals surface area contributed by atoms with E-state index in [4.69, 9.17) is 4.74 Å². The van der Waals surface area contributed by atoms with Gasteiger partial charge in [0.1, 0.15) is 0 Å². The van der Waals surface area contributed by atoms with Crippen molar-refractivity contribution in [2.75, 3.05) is 18.5 Å². The lowest BCUT2D eigenvalue weighted by Crippen LogP contribution is -2.46. The third-order valence-electron chi connectivity index (χ3n) is 7.09. The summed E-state index contributed by atoms with van der Waals surface area (Å²) in [6.07, 6.45) is -0.229. The van der Waals surface area contributed by atoms with Gasteiger partial charge in [-0.3, -0.25) is 4.79 Å². The van der Waals surface area contributed by atoms with Crippen molar-refractivity contribution < 1.29 is 24.5 Å². The molecule has 0 aliphatic rings. The Morgan fingerprint density at radius 3 is 2.37 bits per heavy atom. The van der Waals surface area contributed by atoms with Gasteiger partial charge in [0, 0.05) is 19.0 Å². The fraction of sp³-hybridized carbons (Fsp3) is 0.294. The number of fused-ring (bicyclic) bond motifs is 1. The first-order valence-corrected chi connectivity index (χ1v) is 13.8. The minimum Gasteiger partial charge on any atom is -0.478 e. The van der Waals surface area contributed by atoms with Crippen LogP contribution in [0, 0.1) is 0 Å². The molecule has 4 aromatic rings. The van der Waals surface area contributed by atoms with Gasteiger partial charge in [0.15, 0.2) is 0 Å². The highest BCUT2D eigenvalue weighted by Gasteiger charge is 2.21. The third-order valence-corrected chi connectivity index (χ3v) is 7.09. The van der Waals surface area contributed by atoms with Crippen molar-refractivity contribution in [1.29, 1.82) is 0 Å². The van der Waals surface area contributed by atoms with E-state index in [2.05, 4.69) is 54.8 Å². The molecule has 41 heavy (non-hydrogen) atoms. The number of ether oxygens (including phenoxy) is 1. The molecular formula is C34H38N2O5. The number of amides is 1. The molecule has 2 atom stereocenters. The highest BCUT2D eigenvalue weighted by atomic mass is 16.5. The van der Waals surface area contributed by atoms with Crippen molar-refractivity contribution in [3.63, 3.8) is 0 Å². The van der Waals surface area contributed by atoms with Crippen LogP contribution in [0.3, 0.4) is 0 Å². The molecule has 0 bridgehead atoms. The van der Waals surface area contributed by atoms with Crippen molar-refractivity contribution in [3.8, 4) is 11.1 Å². The molecule has 0 radical (unpaired) electrons. The first kappa shape index (κ1) is 29.9. The zero-order valence-electron chi connectivity index (χ0n) is 24.0. The molecule has 0 saturated heterocycles. The van der Waals surface area contributed by atoms with Gasteiger partial charge < -0.3 is 25.6 Å². The van der Waals surface area contributed by atoms with Gasteiger partial charge in [0.25, 0.3) is 0 Å². The van der Waals surface area contributed by atoms with Crippen LogP contribution in [0.15, 0.2) is 84.9 Å². The van der Waals surface area contributed by atoms with Crippen molar-refractivity contribution in [2.24, 2.45) is 0 Å². The molecule has 4 aromatic carbocycles. The lowest BCUT2D eigenvalue weighted by Gasteiger charge is -2.28. The predicted molar refractivity (Wildman–Crippen MR) is 163 cm³/mol. The van der Waals surface area contributed by atoms with Crippen LogP contribution in [-0.4, -0.2) is 46.9 Å². The minimum atomic E-state index is -1.12. The smallest absolute Gasteiger partial charge is 0.337 e. The van der Waals surface area contributed by atoms with Crippen molar-refractivity contribution in [3.05, 3.63) is 102 Å². The van der Waals surface area contributed by atoms with Crippen LogP contribution in [0.25, 0.3) is 21.9 Å². The number of anilines is 1. The number of nitrogens with one attached hydrogen (secondary N) is 2.